The van der Waals surface area contributed by atoms with E-state index >= 15 is 0 Å². The van der Waals surface area contributed by atoms with E-state index in [9.17, 15) is 4.79 Å². The van der Waals surface area contributed by atoms with Crippen LogP contribution in [0.25, 0.3) is 0 Å². The number of carbonyl (C=O) groups is 1. The molecule has 0 spiro atoms. The fourth-order valence-corrected chi connectivity index (χ4v) is 1.89. The molecule has 0 amide bonds. The Morgan fingerprint density at radius 1 is 0.733 bits per heavy atom. The third kappa shape index (κ3) is 50.6. The summed E-state index contributed by atoms with van der Waals surface area (Å²) in [6.07, 6.45) is 12.9. The van der Waals surface area contributed by atoms with Crippen LogP contribution in [0.3, 0.4) is 0 Å². The summed E-state index contributed by atoms with van der Waals surface area (Å²) in [5, 5.41) is 23.2. The molecular formula is C21H52N4O5. The number of unbranched alkanes of at least 4 members (excludes halogenated alkanes) is 9. The molecule has 9 heteroatoms. The highest BCUT2D eigenvalue weighted by atomic mass is 16.5. The Bertz CT molecular complexity index is 271. The van der Waals surface area contributed by atoms with Crippen molar-refractivity contribution in [2.75, 3.05) is 46.1 Å². The molecule has 0 aromatic rings. The van der Waals surface area contributed by atoms with Crippen molar-refractivity contribution in [3.63, 3.8) is 0 Å². The van der Waals surface area contributed by atoms with Crippen LogP contribution in [-0.4, -0.2) is 73.4 Å². The molecule has 0 saturated carbocycles. The zero-order chi connectivity index (χ0) is 23.9. The van der Waals surface area contributed by atoms with Gasteiger partial charge in [0.15, 0.2) is 0 Å². The van der Waals surface area contributed by atoms with E-state index in [-0.39, 0.29) is 25.8 Å². The molecule has 0 aliphatic carbocycles. The van der Waals surface area contributed by atoms with Gasteiger partial charge in [0.25, 0.3) is 0 Å². The number of hydrogen-bond acceptors (Lipinski definition) is 9. The van der Waals surface area contributed by atoms with Crippen molar-refractivity contribution in [3.05, 3.63) is 0 Å². The van der Waals surface area contributed by atoms with Crippen molar-refractivity contribution in [1.29, 1.82) is 0 Å². The van der Waals surface area contributed by atoms with E-state index in [0.717, 1.165) is 12.8 Å². The maximum Gasteiger partial charge on any atom is 0.322 e. The first-order valence-electron chi connectivity index (χ1n) is 11.3. The molecule has 0 aliphatic rings. The fourth-order valence-electron chi connectivity index (χ4n) is 1.89. The fraction of sp³-hybridized carbons (Fsp3) is 0.952. The van der Waals surface area contributed by atoms with Crippen LogP contribution in [0.15, 0.2) is 0 Å². The lowest BCUT2D eigenvalue weighted by molar-refractivity contribution is -0.144. The molecule has 0 bridgehead atoms. The third-order valence-electron chi connectivity index (χ3n) is 3.50. The standard InChI is InChI=1S/C15H31NO2.3C2H7NO/c1-3-4-5-6-7-8-9-10-11-12-13-18-15(17)14(2)16;3*3-1-2-4/h14H,3-13,16H2,1-2H3;3*4H,1-3H2. The van der Waals surface area contributed by atoms with Crippen LogP contribution in [0.1, 0.15) is 78.1 Å². The molecule has 9 nitrogen and oxygen atoms in total. The van der Waals surface area contributed by atoms with Gasteiger partial charge in [0.2, 0.25) is 0 Å². The number of aliphatic hydroxyl groups excluding tert-OH is 3. The van der Waals surface area contributed by atoms with Gasteiger partial charge in [0, 0.05) is 19.6 Å². The number of aliphatic hydroxyl groups is 3. The van der Waals surface area contributed by atoms with Crippen LogP contribution >= 0.6 is 0 Å². The summed E-state index contributed by atoms with van der Waals surface area (Å²) < 4.78 is 5.01. The molecule has 1 unspecified atom stereocenters. The van der Waals surface area contributed by atoms with Gasteiger partial charge in [-0.3, -0.25) is 4.79 Å². The maximum atomic E-state index is 11.1. The van der Waals surface area contributed by atoms with E-state index in [4.69, 9.17) is 43.0 Å². The molecule has 0 rings (SSSR count). The molecule has 186 valence electrons. The average Bonchev–Trinajstić information content (AvgIpc) is 2.77. The van der Waals surface area contributed by atoms with Crippen LogP contribution in [0.2, 0.25) is 0 Å². The van der Waals surface area contributed by atoms with E-state index in [2.05, 4.69) is 6.92 Å². The summed E-state index contributed by atoms with van der Waals surface area (Å²) in [6, 6.07) is -0.492. The minimum atomic E-state index is -0.492. The van der Waals surface area contributed by atoms with Gasteiger partial charge in [0.1, 0.15) is 6.04 Å². The summed E-state index contributed by atoms with van der Waals surface area (Å²) in [5.74, 6) is -0.286. The zero-order valence-corrected chi connectivity index (χ0v) is 19.6. The molecule has 1 atom stereocenters. The average molecular weight is 441 g/mol. The molecule has 0 fully saturated rings. The molecule has 0 aromatic heterocycles. The molecule has 30 heavy (non-hydrogen) atoms. The molecule has 11 N–H and O–H groups in total. The van der Waals surface area contributed by atoms with Gasteiger partial charge in [-0.15, -0.1) is 0 Å². The lowest BCUT2D eigenvalue weighted by Gasteiger charge is -2.06. The largest absolute Gasteiger partial charge is 0.465 e. The van der Waals surface area contributed by atoms with Crippen LogP contribution in [0.5, 0.6) is 0 Å². The number of esters is 1. The van der Waals surface area contributed by atoms with Gasteiger partial charge >= 0.3 is 5.97 Å². The van der Waals surface area contributed by atoms with Crippen LogP contribution in [-0.2, 0) is 9.53 Å². The number of carbonyl (C=O) groups excluding carboxylic acids is 1. The summed E-state index contributed by atoms with van der Waals surface area (Å²) in [7, 11) is 0. The van der Waals surface area contributed by atoms with Crippen LogP contribution in [0, 0.1) is 0 Å². The minimum Gasteiger partial charge on any atom is -0.465 e. The SMILES string of the molecule is CCCCCCCCCCCCOC(=O)C(C)N.NCCO.NCCO.NCCO. The normalized spacial score (nSPS) is 10.4. The maximum absolute atomic E-state index is 11.1. The predicted molar refractivity (Wildman–Crippen MR) is 125 cm³/mol. The number of rotatable bonds is 15. The van der Waals surface area contributed by atoms with Gasteiger partial charge in [0.05, 0.1) is 26.4 Å². The highest BCUT2D eigenvalue weighted by Crippen LogP contribution is 2.10. The highest BCUT2D eigenvalue weighted by Gasteiger charge is 2.07. The van der Waals surface area contributed by atoms with Gasteiger partial charge in [-0.2, -0.15) is 0 Å². The van der Waals surface area contributed by atoms with Crippen molar-refractivity contribution in [2.45, 2.75) is 84.1 Å². The molecule has 0 aliphatic heterocycles. The van der Waals surface area contributed by atoms with Crippen molar-refractivity contribution in [1.82, 2.24) is 0 Å². The minimum absolute atomic E-state index is 0.0972. The van der Waals surface area contributed by atoms with Gasteiger partial charge < -0.3 is 43.0 Å². The quantitative estimate of drug-likeness (QED) is 0.141. The Hall–Kier alpha value is -0.810. The lowest BCUT2D eigenvalue weighted by Crippen LogP contribution is -2.28. The van der Waals surface area contributed by atoms with Crippen molar-refractivity contribution in [2.24, 2.45) is 22.9 Å². The number of nitrogens with two attached hydrogens (primary N) is 4. The second-order valence-corrected chi connectivity index (χ2v) is 6.67. The van der Waals surface area contributed by atoms with E-state index in [1.165, 1.54) is 51.4 Å². The van der Waals surface area contributed by atoms with E-state index in [1.807, 2.05) is 0 Å². The Balaban J connectivity index is -0.000000229. The second-order valence-electron chi connectivity index (χ2n) is 6.67. The zero-order valence-electron chi connectivity index (χ0n) is 19.6. The Kier molecular flexibility index (Phi) is 47.2. The summed E-state index contributed by atoms with van der Waals surface area (Å²) in [6.45, 7) is 5.84. The Labute approximate surface area is 184 Å². The number of ether oxygens (including phenoxy) is 1. The Morgan fingerprint density at radius 2 is 1.03 bits per heavy atom. The second kappa shape index (κ2) is 38.8. The third-order valence-corrected chi connectivity index (χ3v) is 3.50. The lowest BCUT2D eigenvalue weighted by atomic mass is 10.1. The van der Waals surface area contributed by atoms with E-state index in [1.54, 1.807) is 6.92 Å². The first-order valence-corrected chi connectivity index (χ1v) is 11.3. The summed E-state index contributed by atoms with van der Waals surface area (Å²) in [5.41, 5.74) is 19.7. The van der Waals surface area contributed by atoms with Crippen LogP contribution < -0.4 is 22.9 Å². The molecule has 0 aromatic carbocycles. The van der Waals surface area contributed by atoms with Gasteiger partial charge in [-0.1, -0.05) is 64.7 Å². The molecule has 0 saturated heterocycles. The molecule has 0 heterocycles. The summed E-state index contributed by atoms with van der Waals surface area (Å²) in [4.78, 5) is 11.1. The first kappa shape index (κ1) is 36.6. The molecule has 0 radical (unpaired) electrons. The smallest absolute Gasteiger partial charge is 0.322 e. The van der Waals surface area contributed by atoms with Gasteiger partial charge in [-0.05, 0) is 13.3 Å². The van der Waals surface area contributed by atoms with Crippen molar-refractivity contribution in [3.8, 4) is 0 Å². The molecular weight excluding hydrogens is 388 g/mol. The summed E-state index contributed by atoms with van der Waals surface area (Å²) >= 11 is 0. The Morgan fingerprint density at radius 3 is 1.30 bits per heavy atom. The van der Waals surface area contributed by atoms with Gasteiger partial charge in [-0.25, -0.2) is 0 Å². The topological polar surface area (TPSA) is 191 Å². The van der Waals surface area contributed by atoms with Crippen molar-refractivity contribution < 1.29 is 24.9 Å². The van der Waals surface area contributed by atoms with E-state index in [0.29, 0.717) is 26.2 Å². The van der Waals surface area contributed by atoms with Crippen molar-refractivity contribution >= 4 is 5.97 Å². The van der Waals surface area contributed by atoms with E-state index < -0.39 is 6.04 Å². The highest BCUT2D eigenvalue weighted by molar-refractivity contribution is 5.74. The monoisotopic (exact) mass is 440 g/mol. The first-order chi connectivity index (χ1) is 14.4. The predicted octanol–water partition coefficient (Wildman–Crippen LogP) is 0.610. The van der Waals surface area contributed by atoms with Crippen LogP contribution in [0.4, 0.5) is 0 Å². The number of hydrogen-bond donors (Lipinski definition) is 7.